The van der Waals surface area contributed by atoms with Crippen molar-refractivity contribution in [1.29, 1.82) is 5.26 Å². The molecule has 1 aliphatic rings. The van der Waals surface area contributed by atoms with E-state index in [-0.39, 0.29) is 5.60 Å². The number of benzene rings is 1. The zero-order chi connectivity index (χ0) is 10.0. The summed E-state index contributed by atoms with van der Waals surface area (Å²) in [6, 6.07) is 9.29. The van der Waals surface area contributed by atoms with Crippen molar-refractivity contribution in [3.8, 4) is 11.8 Å². The van der Waals surface area contributed by atoms with Gasteiger partial charge in [-0.2, -0.15) is 5.26 Å². The molecule has 0 unspecified atom stereocenters. The van der Waals surface area contributed by atoms with E-state index in [0.29, 0.717) is 5.56 Å². The Labute approximate surface area is 83.3 Å². The summed E-state index contributed by atoms with van der Waals surface area (Å²) in [7, 11) is 0. The molecule has 0 amide bonds. The van der Waals surface area contributed by atoms with Gasteiger partial charge in [0.2, 0.25) is 0 Å². The first-order valence-electron chi connectivity index (χ1n) is 4.62. The van der Waals surface area contributed by atoms with Crippen molar-refractivity contribution >= 4 is 0 Å². The van der Waals surface area contributed by atoms with Gasteiger partial charge >= 0.3 is 0 Å². The van der Waals surface area contributed by atoms with E-state index in [1.165, 1.54) is 0 Å². The summed E-state index contributed by atoms with van der Waals surface area (Å²) >= 11 is 0. The number of hydrogen-bond acceptors (Lipinski definition) is 3. The van der Waals surface area contributed by atoms with Gasteiger partial charge in [-0.15, -0.1) is 0 Å². The molecule has 72 valence electrons. The van der Waals surface area contributed by atoms with Gasteiger partial charge in [0.1, 0.15) is 11.4 Å². The van der Waals surface area contributed by atoms with Gasteiger partial charge < -0.3 is 10.1 Å². The first-order valence-corrected chi connectivity index (χ1v) is 4.62. The quantitative estimate of drug-likeness (QED) is 0.760. The van der Waals surface area contributed by atoms with E-state index in [1.807, 2.05) is 12.1 Å². The molecule has 14 heavy (non-hydrogen) atoms. The average Bonchev–Trinajstić information content (AvgIpc) is 2.17. The minimum Gasteiger partial charge on any atom is -0.485 e. The zero-order valence-electron chi connectivity index (χ0n) is 8.08. The van der Waals surface area contributed by atoms with Crippen molar-refractivity contribution in [2.24, 2.45) is 0 Å². The molecule has 1 saturated heterocycles. The lowest BCUT2D eigenvalue weighted by atomic mass is 10.00. The molecule has 1 fully saturated rings. The van der Waals surface area contributed by atoms with Crippen LogP contribution in [0.1, 0.15) is 12.5 Å². The minimum atomic E-state index is -0.0752. The van der Waals surface area contributed by atoms with E-state index >= 15 is 0 Å². The fourth-order valence-corrected chi connectivity index (χ4v) is 1.43. The third kappa shape index (κ3) is 1.70. The van der Waals surface area contributed by atoms with Gasteiger partial charge in [0.25, 0.3) is 0 Å². The molecule has 1 heterocycles. The van der Waals surface area contributed by atoms with Crippen molar-refractivity contribution in [1.82, 2.24) is 5.32 Å². The van der Waals surface area contributed by atoms with E-state index in [9.17, 15) is 0 Å². The van der Waals surface area contributed by atoms with Crippen LogP contribution in [-0.2, 0) is 0 Å². The molecule has 0 bridgehead atoms. The van der Waals surface area contributed by atoms with E-state index in [1.54, 1.807) is 12.1 Å². The molecule has 1 N–H and O–H groups in total. The Bertz CT molecular complexity index is 360. The molecule has 0 radical (unpaired) electrons. The molecule has 0 spiro atoms. The highest BCUT2D eigenvalue weighted by Crippen LogP contribution is 2.21. The molecule has 1 aliphatic heterocycles. The van der Waals surface area contributed by atoms with Crippen LogP contribution in [0.15, 0.2) is 24.3 Å². The highest BCUT2D eigenvalue weighted by molar-refractivity contribution is 5.34. The van der Waals surface area contributed by atoms with Crippen LogP contribution in [0.3, 0.4) is 0 Å². The van der Waals surface area contributed by atoms with Crippen LogP contribution in [-0.4, -0.2) is 18.7 Å². The van der Waals surface area contributed by atoms with Gasteiger partial charge in [0.05, 0.1) is 11.6 Å². The SMILES string of the molecule is CC1(Oc2ccc(C#N)cc2)CNC1. The molecular weight excluding hydrogens is 176 g/mol. The first kappa shape index (κ1) is 9.04. The van der Waals surface area contributed by atoms with Gasteiger partial charge in [-0.25, -0.2) is 0 Å². The second-order valence-corrected chi connectivity index (χ2v) is 3.79. The highest BCUT2D eigenvalue weighted by atomic mass is 16.5. The van der Waals surface area contributed by atoms with E-state index < -0.39 is 0 Å². The summed E-state index contributed by atoms with van der Waals surface area (Å²) in [5, 5.41) is 11.8. The van der Waals surface area contributed by atoms with Gasteiger partial charge in [0, 0.05) is 13.1 Å². The van der Waals surface area contributed by atoms with Gasteiger partial charge in [-0.1, -0.05) is 0 Å². The van der Waals surface area contributed by atoms with Crippen LogP contribution < -0.4 is 10.1 Å². The molecule has 3 nitrogen and oxygen atoms in total. The molecule has 1 aromatic carbocycles. The summed E-state index contributed by atoms with van der Waals surface area (Å²) in [5.74, 6) is 0.827. The van der Waals surface area contributed by atoms with Gasteiger partial charge in [-0.05, 0) is 31.2 Å². The molecule has 1 aromatic rings. The van der Waals surface area contributed by atoms with Crippen LogP contribution in [0.5, 0.6) is 5.75 Å². The fourth-order valence-electron chi connectivity index (χ4n) is 1.43. The number of ether oxygens (including phenoxy) is 1. The van der Waals surface area contributed by atoms with Crippen LogP contribution in [0.4, 0.5) is 0 Å². The maximum Gasteiger partial charge on any atom is 0.131 e. The third-order valence-corrected chi connectivity index (χ3v) is 2.35. The van der Waals surface area contributed by atoms with E-state index in [4.69, 9.17) is 10.00 Å². The molecular formula is C11H12N2O. The Morgan fingerprint density at radius 1 is 1.36 bits per heavy atom. The van der Waals surface area contributed by atoms with E-state index in [0.717, 1.165) is 18.8 Å². The molecule has 3 heteroatoms. The Hall–Kier alpha value is -1.53. The second kappa shape index (κ2) is 3.32. The summed E-state index contributed by atoms with van der Waals surface area (Å²) in [5.41, 5.74) is 0.586. The zero-order valence-corrected chi connectivity index (χ0v) is 8.08. The van der Waals surface area contributed by atoms with Gasteiger partial charge in [-0.3, -0.25) is 0 Å². The topological polar surface area (TPSA) is 45.0 Å². The normalized spacial score (nSPS) is 18.0. The first-order chi connectivity index (χ1) is 6.72. The predicted octanol–water partition coefficient (Wildman–Crippen LogP) is 1.30. The summed E-state index contributed by atoms with van der Waals surface area (Å²) in [6.45, 7) is 3.84. The maximum atomic E-state index is 8.62. The van der Waals surface area contributed by atoms with Crippen molar-refractivity contribution < 1.29 is 4.74 Å². The average molecular weight is 188 g/mol. The number of nitriles is 1. The Morgan fingerprint density at radius 3 is 2.43 bits per heavy atom. The second-order valence-electron chi connectivity index (χ2n) is 3.79. The third-order valence-electron chi connectivity index (χ3n) is 2.35. The minimum absolute atomic E-state index is 0.0752. The highest BCUT2D eigenvalue weighted by Gasteiger charge is 2.33. The Balaban J connectivity index is 2.07. The van der Waals surface area contributed by atoms with Crippen molar-refractivity contribution in [3.63, 3.8) is 0 Å². The maximum absolute atomic E-state index is 8.62. The number of hydrogen-bond donors (Lipinski definition) is 1. The standard InChI is InChI=1S/C11H12N2O/c1-11(7-13-8-11)14-10-4-2-9(6-12)3-5-10/h2-5,13H,7-8H2,1H3. The van der Waals surface area contributed by atoms with Crippen LogP contribution in [0.2, 0.25) is 0 Å². The molecule has 0 atom stereocenters. The molecule has 2 rings (SSSR count). The van der Waals surface area contributed by atoms with Crippen molar-refractivity contribution in [2.45, 2.75) is 12.5 Å². The largest absolute Gasteiger partial charge is 0.485 e. The lowest BCUT2D eigenvalue weighted by molar-refractivity contribution is 0.0349. The summed E-state index contributed by atoms with van der Waals surface area (Å²) in [4.78, 5) is 0. The molecule has 0 aliphatic carbocycles. The van der Waals surface area contributed by atoms with Crippen LogP contribution in [0, 0.1) is 11.3 Å². The summed E-state index contributed by atoms with van der Waals surface area (Å²) < 4.78 is 5.77. The number of nitrogens with one attached hydrogen (secondary N) is 1. The predicted molar refractivity (Wildman–Crippen MR) is 53.1 cm³/mol. The van der Waals surface area contributed by atoms with Crippen molar-refractivity contribution in [3.05, 3.63) is 29.8 Å². The van der Waals surface area contributed by atoms with Gasteiger partial charge in [0.15, 0.2) is 0 Å². The Kier molecular flexibility index (Phi) is 2.14. The lowest BCUT2D eigenvalue weighted by Crippen LogP contribution is -2.60. The number of rotatable bonds is 2. The van der Waals surface area contributed by atoms with Crippen molar-refractivity contribution in [2.75, 3.05) is 13.1 Å². The fraction of sp³-hybridized carbons (Fsp3) is 0.364. The van der Waals surface area contributed by atoms with Crippen LogP contribution >= 0.6 is 0 Å². The summed E-state index contributed by atoms with van der Waals surface area (Å²) in [6.07, 6.45) is 0. The molecule has 0 aromatic heterocycles. The number of nitrogens with zero attached hydrogens (tertiary/aromatic N) is 1. The van der Waals surface area contributed by atoms with E-state index in [2.05, 4.69) is 18.3 Å². The van der Waals surface area contributed by atoms with Crippen LogP contribution in [0.25, 0.3) is 0 Å². The Morgan fingerprint density at radius 2 is 2.00 bits per heavy atom. The molecule has 0 saturated carbocycles. The lowest BCUT2D eigenvalue weighted by Gasteiger charge is -2.39. The smallest absolute Gasteiger partial charge is 0.131 e. The monoisotopic (exact) mass is 188 g/mol.